The molecule has 0 N–H and O–H groups in total. The Bertz CT molecular complexity index is 181. The average Bonchev–Trinajstić information content (AvgIpc) is 2.40. The Morgan fingerprint density at radius 3 is 3.00 bits per heavy atom. The summed E-state index contributed by atoms with van der Waals surface area (Å²) < 4.78 is 5.42. The predicted octanol–water partition coefficient (Wildman–Crippen LogP) is 2.72. The van der Waals surface area contributed by atoms with Crippen molar-refractivity contribution in [2.75, 3.05) is 6.61 Å². The molecule has 0 amide bonds. The van der Waals surface area contributed by atoms with Gasteiger partial charge in [0, 0.05) is 17.9 Å². The van der Waals surface area contributed by atoms with Gasteiger partial charge in [-0.05, 0) is 25.3 Å². The fraction of sp³-hybridized carbons (Fsp3) is 0.556. The smallest absolute Gasteiger partial charge is 0.0595 e. The minimum Gasteiger partial charge on any atom is -0.378 e. The SMILES string of the molecule is CCOC(C)Cc1cccs1. The third kappa shape index (κ3) is 3.04. The summed E-state index contributed by atoms with van der Waals surface area (Å²) >= 11 is 1.80. The Labute approximate surface area is 72.0 Å². The summed E-state index contributed by atoms with van der Waals surface area (Å²) in [6, 6.07) is 4.23. The highest BCUT2D eigenvalue weighted by atomic mass is 32.1. The van der Waals surface area contributed by atoms with Crippen LogP contribution in [-0.4, -0.2) is 12.7 Å². The molecule has 0 aromatic carbocycles. The van der Waals surface area contributed by atoms with Crippen molar-refractivity contribution in [1.29, 1.82) is 0 Å². The fourth-order valence-corrected chi connectivity index (χ4v) is 1.88. The minimum atomic E-state index is 0.360. The number of hydrogen-bond acceptors (Lipinski definition) is 2. The van der Waals surface area contributed by atoms with Crippen molar-refractivity contribution < 1.29 is 4.74 Å². The monoisotopic (exact) mass is 170 g/mol. The highest BCUT2D eigenvalue weighted by Crippen LogP contribution is 2.12. The Hall–Kier alpha value is -0.340. The van der Waals surface area contributed by atoms with Crippen LogP contribution < -0.4 is 0 Å². The molecule has 2 heteroatoms. The van der Waals surface area contributed by atoms with Crippen LogP contribution >= 0.6 is 11.3 Å². The summed E-state index contributed by atoms with van der Waals surface area (Å²) in [6.07, 6.45) is 1.41. The Morgan fingerprint density at radius 1 is 1.64 bits per heavy atom. The van der Waals surface area contributed by atoms with Gasteiger partial charge in [-0.25, -0.2) is 0 Å². The standard InChI is InChI=1S/C9H14OS/c1-3-10-8(2)7-9-5-4-6-11-9/h4-6,8H,3,7H2,1-2H3. The molecule has 0 saturated carbocycles. The number of ether oxygens (including phenoxy) is 1. The molecule has 0 radical (unpaired) electrons. The molecule has 0 aliphatic carbocycles. The Morgan fingerprint density at radius 2 is 2.45 bits per heavy atom. The van der Waals surface area contributed by atoms with Crippen molar-refractivity contribution >= 4 is 11.3 Å². The lowest BCUT2D eigenvalue weighted by atomic mass is 10.2. The second-order valence-corrected chi connectivity index (χ2v) is 3.58. The van der Waals surface area contributed by atoms with Gasteiger partial charge in [-0.3, -0.25) is 0 Å². The molecule has 1 heterocycles. The second-order valence-electron chi connectivity index (χ2n) is 2.55. The number of hydrogen-bond donors (Lipinski definition) is 0. The molecule has 1 rings (SSSR count). The lowest BCUT2D eigenvalue weighted by Gasteiger charge is -2.08. The maximum absolute atomic E-state index is 5.42. The highest BCUT2D eigenvalue weighted by Gasteiger charge is 2.02. The van der Waals surface area contributed by atoms with E-state index in [4.69, 9.17) is 4.74 Å². The van der Waals surface area contributed by atoms with Gasteiger partial charge in [0.25, 0.3) is 0 Å². The lowest BCUT2D eigenvalue weighted by Crippen LogP contribution is -2.10. The van der Waals surface area contributed by atoms with Crippen LogP contribution in [0.2, 0.25) is 0 Å². The normalized spacial score (nSPS) is 13.3. The molecular weight excluding hydrogens is 156 g/mol. The van der Waals surface area contributed by atoms with Gasteiger partial charge in [-0.2, -0.15) is 0 Å². The first-order valence-electron chi connectivity index (χ1n) is 3.97. The van der Waals surface area contributed by atoms with Crippen LogP contribution in [0.25, 0.3) is 0 Å². The van der Waals surface area contributed by atoms with E-state index in [9.17, 15) is 0 Å². The van der Waals surface area contributed by atoms with Crippen LogP contribution in [-0.2, 0) is 11.2 Å². The summed E-state index contributed by atoms with van der Waals surface area (Å²) in [5.74, 6) is 0. The van der Waals surface area contributed by atoms with Crippen molar-refractivity contribution in [3.05, 3.63) is 22.4 Å². The van der Waals surface area contributed by atoms with Crippen molar-refractivity contribution in [2.24, 2.45) is 0 Å². The first-order valence-corrected chi connectivity index (χ1v) is 4.85. The molecule has 0 aliphatic heterocycles. The van der Waals surface area contributed by atoms with E-state index in [1.165, 1.54) is 4.88 Å². The zero-order valence-electron chi connectivity index (χ0n) is 7.04. The van der Waals surface area contributed by atoms with Gasteiger partial charge in [0.1, 0.15) is 0 Å². The van der Waals surface area contributed by atoms with Crippen LogP contribution in [0.4, 0.5) is 0 Å². The first-order chi connectivity index (χ1) is 5.33. The van der Waals surface area contributed by atoms with Crippen molar-refractivity contribution in [3.63, 3.8) is 0 Å². The van der Waals surface area contributed by atoms with Gasteiger partial charge < -0.3 is 4.74 Å². The zero-order valence-corrected chi connectivity index (χ0v) is 7.86. The molecule has 62 valence electrons. The summed E-state index contributed by atoms with van der Waals surface area (Å²) in [5.41, 5.74) is 0. The predicted molar refractivity (Wildman–Crippen MR) is 49.1 cm³/mol. The van der Waals surface area contributed by atoms with E-state index in [0.29, 0.717) is 6.10 Å². The third-order valence-electron chi connectivity index (χ3n) is 1.52. The molecule has 1 aromatic heterocycles. The summed E-state index contributed by atoms with van der Waals surface area (Å²) in [4.78, 5) is 1.41. The van der Waals surface area contributed by atoms with E-state index >= 15 is 0 Å². The summed E-state index contributed by atoms with van der Waals surface area (Å²) in [5, 5.41) is 2.11. The fourth-order valence-electron chi connectivity index (χ4n) is 1.06. The van der Waals surface area contributed by atoms with Crippen molar-refractivity contribution in [2.45, 2.75) is 26.4 Å². The lowest BCUT2D eigenvalue weighted by molar-refractivity contribution is 0.0774. The van der Waals surface area contributed by atoms with Gasteiger partial charge in [0.05, 0.1) is 6.10 Å². The van der Waals surface area contributed by atoms with E-state index in [1.54, 1.807) is 11.3 Å². The molecule has 1 atom stereocenters. The van der Waals surface area contributed by atoms with Gasteiger partial charge in [-0.1, -0.05) is 6.07 Å². The molecule has 0 saturated heterocycles. The Balaban J connectivity index is 2.31. The highest BCUT2D eigenvalue weighted by molar-refractivity contribution is 7.09. The van der Waals surface area contributed by atoms with Crippen LogP contribution in [0.15, 0.2) is 17.5 Å². The van der Waals surface area contributed by atoms with Gasteiger partial charge in [0.15, 0.2) is 0 Å². The first kappa shape index (κ1) is 8.75. The average molecular weight is 170 g/mol. The number of thiophene rings is 1. The van der Waals surface area contributed by atoms with Gasteiger partial charge in [0.2, 0.25) is 0 Å². The van der Waals surface area contributed by atoms with E-state index < -0.39 is 0 Å². The molecule has 1 aromatic rings. The molecule has 0 aliphatic rings. The second kappa shape index (κ2) is 4.52. The van der Waals surface area contributed by atoms with Gasteiger partial charge in [-0.15, -0.1) is 11.3 Å². The van der Waals surface area contributed by atoms with Gasteiger partial charge >= 0.3 is 0 Å². The zero-order chi connectivity index (χ0) is 8.10. The molecule has 0 spiro atoms. The third-order valence-corrected chi connectivity index (χ3v) is 2.42. The molecule has 0 fully saturated rings. The number of rotatable bonds is 4. The quantitative estimate of drug-likeness (QED) is 0.675. The van der Waals surface area contributed by atoms with E-state index in [0.717, 1.165) is 13.0 Å². The summed E-state index contributed by atoms with van der Waals surface area (Å²) in [6.45, 7) is 4.96. The van der Waals surface area contributed by atoms with E-state index in [1.807, 2.05) is 6.92 Å². The molecule has 11 heavy (non-hydrogen) atoms. The molecule has 1 unspecified atom stereocenters. The van der Waals surface area contributed by atoms with Crippen LogP contribution in [0.5, 0.6) is 0 Å². The van der Waals surface area contributed by atoms with E-state index in [2.05, 4.69) is 24.4 Å². The minimum absolute atomic E-state index is 0.360. The Kier molecular flexibility index (Phi) is 3.60. The summed E-state index contributed by atoms with van der Waals surface area (Å²) in [7, 11) is 0. The maximum Gasteiger partial charge on any atom is 0.0595 e. The largest absolute Gasteiger partial charge is 0.378 e. The molecule has 0 bridgehead atoms. The molecular formula is C9H14OS. The van der Waals surface area contributed by atoms with Crippen LogP contribution in [0.1, 0.15) is 18.7 Å². The van der Waals surface area contributed by atoms with E-state index in [-0.39, 0.29) is 0 Å². The topological polar surface area (TPSA) is 9.23 Å². The van der Waals surface area contributed by atoms with Crippen LogP contribution in [0.3, 0.4) is 0 Å². The van der Waals surface area contributed by atoms with Crippen LogP contribution in [0, 0.1) is 0 Å². The maximum atomic E-state index is 5.42. The molecule has 1 nitrogen and oxygen atoms in total. The van der Waals surface area contributed by atoms with Crippen molar-refractivity contribution in [1.82, 2.24) is 0 Å². The van der Waals surface area contributed by atoms with Crippen molar-refractivity contribution in [3.8, 4) is 0 Å².